The lowest BCUT2D eigenvalue weighted by Crippen LogP contribution is -2.29. The predicted octanol–water partition coefficient (Wildman–Crippen LogP) is 2.59. The molecule has 0 spiro atoms. The number of aryl methyl sites for hydroxylation is 1. The third kappa shape index (κ3) is 3.56. The maximum atomic E-state index is 12.7. The number of hydrogen-bond acceptors (Lipinski definition) is 4. The summed E-state index contributed by atoms with van der Waals surface area (Å²) in [4.78, 5) is 25.2. The van der Waals surface area contributed by atoms with Crippen LogP contribution in [0.2, 0.25) is 0 Å². The standard InChI is InChI=1S/C20H24N4O/c25-20(7-6-16-12-21-15-22-13-16)24-11-8-18-17(4-3-5-19(18)24)14-23-9-1-2-10-23/h3-5,12-13,15H,1-2,6-11,14H2. The third-order valence-electron chi connectivity index (χ3n) is 5.26. The van der Waals surface area contributed by atoms with Gasteiger partial charge in [-0.2, -0.15) is 0 Å². The van der Waals surface area contributed by atoms with Gasteiger partial charge in [0.15, 0.2) is 0 Å². The highest BCUT2D eigenvalue weighted by atomic mass is 16.2. The van der Waals surface area contributed by atoms with Crippen molar-refractivity contribution in [1.82, 2.24) is 14.9 Å². The minimum Gasteiger partial charge on any atom is -0.312 e. The van der Waals surface area contributed by atoms with Gasteiger partial charge in [0.1, 0.15) is 6.33 Å². The van der Waals surface area contributed by atoms with Crippen molar-refractivity contribution in [3.8, 4) is 0 Å². The largest absolute Gasteiger partial charge is 0.312 e. The van der Waals surface area contributed by atoms with Crippen molar-refractivity contribution in [3.63, 3.8) is 0 Å². The molecule has 130 valence electrons. The van der Waals surface area contributed by atoms with E-state index in [4.69, 9.17) is 0 Å². The average Bonchev–Trinajstić information content (AvgIpc) is 3.31. The quantitative estimate of drug-likeness (QED) is 0.842. The number of anilines is 1. The zero-order valence-corrected chi connectivity index (χ0v) is 14.5. The number of fused-ring (bicyclic) bond motifs is 1. The Kier molecular flexibility index (Phi) is 4.74. The van der Waals surface area contributed by atoms with Crippen LogP contribution in [-0.2, 0) is 24.2 Å². The molecule has 0 unspecified atom stereocenters. The number of nitrogens with zero attached hydrogens (tertiary/aromatic N) is 4. The molecule has 1 saturated heterocycles. The fourth-order valence-electron chi connectivity index (χ4n) is 3.94. The Labute approximate surface area is 148 Å². The average molecular weight is 336 g/mol. The summed E-state index contributed by atoms with van der Waals surface area (Å²) in [7, 11) is 0. The zero-order valence-electron chi connectivity index (χ0n) is 14.5. The molecule has 0 N–H and O–H groups in total. The van der Waals surface area contributed by atoms with Crippen molar-refractivity contribution < 1.29 is 4.79 Å². The van der Waals surface area contributed by atoms with E-state index in [0.717, 1.165) is 30.8 Å². The molecule has 2 aromatic rings. The minimum atomic E-state index is 0.195. The molecule has 0 bridgehead atoms. The topological polar surface area (TPSA) is 49.3 Å². The van der Waals surface area contributed by atoms with Gasteiger partial charge in [-0.15, -0.1) is 0 Å². The summed E-state index contributed by atoms with van der Waals surface area (Å²) in [5.74, 6) is 0.195. The number of aromatic nitrogens is 2. The highest BCUT2D eigenvalue weighted by Crippen LogP contribution is 2.32. The number of carbonyl (C=O) groups excluding carboxylic acids is 1. The number of likely N-dealkylation sites (tertiary alicyclic amines) is 1. The smallest absolute Gasteiger partial charge is 0.227 e. The van der Waals surface area contributed by atoms with E-state index in [1.54, 1.807) is 12.4 Å². The molecule has 0 atom stereocenters. The van der Waals surface area contributed by atoms with Gasteiger partial charge in [-0.1, -0.05) is 12.1 Å². The summed E-state index contributed by atoms with van der Waals surface area (Å²) in [6.45, 7) is 4.22. The van der Waals surface area contributed by atoms with Gasteiger partial charge < -0.3 is 4.90 Å². The summed E-state index contributed by atoms with van der Waals surface area (Å²) in [5, 5.41) is 0. The summed E-state index contributed by atoms with van der Waals surface area (Å²) in [5.41, 5.74) is 4.89. The van der Waals surface area contributed by atoms with E-state index in [1.807, 2.05) is 4.90 Å². The molecule has 1 aromatic carbocycles. The molecule has 0 radical (unpaired) electrons. The van der Waals surface area contributed by atoms with Crippen LogP contribution >= 0.6 is 0 Å². The van der Waals surface area contributed by atoms with Crippen LogP contribution in [0.4, 0.5) is 5.69 Å². The number of amides is 1. The monoisotopic (exact) mass is 336 g/mol. The first kappa shape index (κ1) is 16.2. The lowest BCUT2D eigenvalue weighted by atomic mass is 10.0. The molecular weight excluding hydrogens is 312 g/mol. The molecule has 4 rings (SSSR count). The number of carbonyl (C=O) groups is 1. The molecule has 1 fully saturated rings. The Bertz CT molecular complexity index is 741. The second-order valence-electron chi connectivity index (χ2n) is 6.94. The van der Waals surface area contributed by atoms with E-state index in [1.165, 1.54) is 43.4 Å². The van der Waals surface area contributed by atoms with Crippen LogP contribution in [0.15, 0.2) is 36.9 Å². The Morgan fingerprint density at radius 3 is 2.68 bits per heavy atom. The minimum absolute atomic E-state index is 0.195. The van der Waals surface area contributed by atoms with E-state index in [0.29, 0.717) is 12.8 Å². The van der Waals surface area contributed by atoms with Gasteiger partial charge in [-0.25, -0.2) is 9.97 Å². The van der Waals surface area contributed by atoms with Crippen LogP contribution in [0.25, 0.3) is 0 Å². The number of benzene rings is 1. The maximum Gasteiger partial charge on any atom is 0.227 e. The van der Waals surface area contributed by atoms with E-state index in [9.17, 15) is 4.79 Å². The molecule has 3 heterocycles. The summed E-state index contributed by atoms with van der Waals surface area (Å²) < 4.78 is 0. The van der Waals surface area contributed by atoms with Gasteiger partial charge in [0.05, 0.1) is 0 Å². The zero-order chi connectivity index (χ0) is 17.1. The van der Waals surface area contributed by atoms with Crippen LogP contribution in [0.3, 0.4) is 0 Å². The summed E-state index contributed by atoms with van der Waals surface area (Å²) in [6, 6.07) is 6.42. The van der Waals surface area contributed by atoms with Crippen molar-refractivity contribution in [3.05, 3.63) is 53.6 Å². The normalized spacial score (nSPS) is 17.0. The molecule has 25 heavy (non-hydrogen) atoms. The Hall–Kier alpha value is -2.27. The van der Waals surface area contributed by atoms with Crippen LogP contribution < -0.4 is 4.90 Å². The van der Waals surface area contributed by atoms with Gasteiger partial charge in [-0.05, 0) is 61.5 Å². The van der Waals surface area contributed by atoms with E-state index in [2.05, 4.69) is 33.1 Å². The van der Waals surface area contributed by atoms with Crippen LogP contribution in [0.5, 0.6) is 0 Å². The second kappa shape index (κ2) is 7.31. The van der Waals surface area contributed by atoms with Gasteiger partial charge in [0.2, 0.25) is 5.91 Å². The molecule has 5 heteroatoms. The fraction of sp³-hybridized carbons (Fsp3) is 0.450. The molecule has 0 saturated carbocycles. The van der Waals surface area contributed by atoms with Gasteiger partial charge in [0, 0.05) is 37.6 Å². The number of hydrogen-bond donors (Lipinski definition) is 0. The Balaban J connectivity index is 1.44. The van der Waals surface area contributed by atoms with E-state index < -0.39 is 0 Å². The van der Waals surface area contributed by atoms with Crippen molar-refractivity contribution >= 4 is 11.6 Å². The summed E-state index contributed by atoms with van der Waals surface area (Å²) in [6.07, 6.45) is 9.87. The molecule has 1 aromatic heterocycles. The Morgan fingerprint density at radius 1 is 1.08 bits per heavy atom. The molecular formula is C20H24N4O. The summed E-state index contributed by atoms with van der Waals surface area (Å²) >= 11 is 0. The first-order valence-corrected chi connectivity index (χ1v) is 9.18. The molecule has 1 amide bonds. The molecule has 5 nitrogen and oxygen atoms in total. The van der Waals surface area contributed by atoms with E-state index in [-0.39, 0.29) is 5.91 Å². The first-order valence-electron chi connectivity index (χ1n) is 9.18. The van der Waals surface area contributed by atoms with Crippen LogP contribution in [-0.4, -0.2) is 40.4 Å². The first-order chi connectivity index (χ1) is 12.3. The van der Waals surface area contributed by atoms with E-state index >= 15 is 0 Å². The second-order valence-corrected chi connectivity index (χ2v) is 6.94. The lowest BCUT2D eigenvalue weighted by Gasteiger charge is -2.20. The van der Waals surface area contributed by atoms with Gasteiger partial charge in [-0.3, -0.25) is 9.69 Å². The number of rotatable bonds is 5. The molecule has 2 aliphatic heterocycles. The highest BCUT2D eigenvalue weighted by Gasteiger charge is 2.26. The third-order valence-corrected chi connectivity index (χ3v) is 5.26. The molecule has 2 aliphatic rings. The predicted molar refractivity (Wildman–Crippen MR) is 97.4 cm³/mol. The van der Waals surface area contributed by atoms with Crippen LogP contribution in [0, 0.1) is 0 Å². The Morgan fingerprint density at radius 2 is 1.88 bits per heavy atom. The van der Waals surface area contributed by atoms with Crippen molar-refractivity contribution in [1.29, 1.82) is 0 Å². The molecule has 0 aliphatic carbocycles. The lowest BCUT2D eigenvalue weighted by molar-refractivity contribution is -0.118. The van der Waals surface area contributed by atoms with Crippen molar-refractivity contribution in [2.24, 2.45) is 0 Å². The highest BCUT2D eigenvalue weighted by molar-refractivity contribution is 5.95. The van der Waals surface area contributed by atoms with Crippen molar-refractivity contribution in [2.45, 2.75) is 38.6 Å². The van der Waals surface area contributed by atoms with Crippen molar-refractivity contribution in [2.75, 3.05) is 24.5 Å². The fourth-order valence-corrected chi connectivity index (χ4v) is 3.94. The van der Waals surface area contributed by atoms with Gasteiger partial charge >= 0.3 is 0 Å². The van der Waals surface area contributed by atoms with Gasteiger partial charge in [0.25, 0.3) is 0 Å². The SMILES string of the molecule is O=C(CCc1cncnc1)N1CCc2c(CN3CCCC3)cccc21. The maximum absolute atomic E-state index is 12.7. The van der Waals surface area contributed by atoms with Crippen LogP contribution in [0.1, 0.15) is 36.0 Å².